The molecule has 1 fully saturated rings. The van der Waals surface area contributed by atoms with Crippen LogP contribution in [0.3, 0.4) is 0 Å². The van der Waals surface area contributed by atoms with Crippen LogP contribution in [0.2, 0.25) is 0 Å². The number of carbonyl (C=O) groups is 1. The SMILES string of the molecule is CCCCCC(=O)NC(CN)C1CC1. The zero-order valence-corrected chi connectivity index (χ0v) is 9.09. The molecule has 0 aliphatic heterocycles. The summed E-state index contributed by atoms with van der Waals surface area (Å²) in [4.78, 5) is 11.5. The third-order valence-corrected chi connectivity index (χ3v) is 2.80. The maximum Gasteiger partial charge on any atom is 0.220 e. The van der Waals surface area contributed by atoms with E-state index in [0.717, 1.165) is 19.3 Å². The van der Waals surface area contributed by atoms with Crippen LogP contribution in [0, 0.1) is 5.92 Å². The Balaban J connectivity index is 2.11. The van der Waals surface area contributed by atoms with E-state index in [1.807, 2.05) is 0 Å². The lowest BCUT2D eigenvalue weighted by atomic mass is 10.1. The maximum absolute atomic E-state index is 11.5. The van der Waals surface area contributed by atoms with Crippen LogP contribution >= 0.6 is 0 Å². The van der Waals surface area contributed by atoms with Gasteiger partial charge in [-0.3, -0.25) is 4.79 Å². The third-order valence-electron chi connectivity index (χ3n) is 2.80. The van der Waals surface area contributed by atoms with Crippen molar-refractivity contribution in [1.29, 1.82) is 0 Å². The van der Waals surface area contributed by atoms with Crippen molar-refractivity contribution in [3.63, 3.8) is 0 Å². The number of hydrogen-bond acceptors (Lipinski definition) is 2. The predicted molar refractivity (Wildman–Crippen MR) is 57.9 cm³/mol. The molecule has 1 aliphatic carbocycles. The molecule has 3 nitrogen and oxygen atoms in total. The number of hydrogen-bond donors (Lipinski definition) is 2. The second-order valence-corrected chi connectivity index (χ2v) is 4.20. The minimum absolute atomic E-state index is 0.181. The lowest BCUT2D eigenvalue weighted by Crippen LogP contribution is -2.41. The maximum atomic E-state index is 11.5. The molecule has 0 spiro atoms. The predicted octanol–water partition coefficient (Wildman–Crippen LogP) is 1.42. The monoisotopic (exact) mass is 198 g/mol. The molecule has 1 rings (SSSR count). The van der Waals surface area contributed by atoms with Crippen molar-refractivity contribution in [2.75, 3.05) is 6.54 Å². The Morgan fingerprint density at radius 3 is 2.71 bits per heavy atom. The van der Waals surface area contributed by atoms with Gasteiger partial charge in [-0.05, 0) is 25.2 Å². The Labute approximate surface area is 86.4 Å². The highest BCUT2D eigenvalue weighted by Crippen LogP contribution is 2.32. The highest BCUT2D eigenvalue weighted by Gasteiger charge is 2.30. The molecular formula is C11H22N2O. The van der Waals surface area contributed by atoms with Crippen LogP contribution in [-0.2, 0) is 4.79 Å². The van der Waals surface area contributed by atoms with Crippen molar-refractivity contribution in [2.45, 2.75) is 51.5 Å². The molecule has 1 aliphatic rings. The summed E-state index contributed by atoms with van der Waals surface area (Å²) in [7, 11) is 0. The highest BCUT2D eigenvalue weighted by molar-refractivity contribution is 5.76. The molecule has 0 heterocycles. The molecule has 0 saturated heterocycles. The van der Waals surface area contributed by atoms with Gasteiger partial charge < -0.3 is 11.1 Å². The molecular weight excluding hydrogens is 176 g/mol. The Hall–Kier alpha value is -0.570. The van der Waals surface area contributed by atoms with Crippen LogP contribution in [0.5, 0.6) is 0 Å². The molecule has 0 bridgehead atoms. The fourth-order valence-corrected chi connectivity index (χ4v) is 1.68. The number of nitrogens with one attached hydrogen (secondary N) is 1. The topological polar surface area (TPSA) is 55.1 Å². The lowest BCUT2D eigenvalue weighted by Gasteiger charge is -2.15. The fourth-order valence-electron chi connectivity index (χ4n) is 1.68. The summed E-state index contributed by atoms with van der Waals surface area (Å²) in [5, 5.41) is 3.02. The Morgan fingerprint density at radius 2 is 2.21 bits per heavy atom. The van der Waals surface area contributed by atoms with Gasteiger partial charge in [-0.25, -0.2) is 0 Å². The molecule has 1 atom stereocenters. The van der Waals surface area contributed by atoms with Crippen LogP contribution in [0.15, 0.2) is 0 Å². The van der Waals surface area contributed by atoms with E-state index >= 15 is 0 Å². The Morgan fingerprint density at radius 1 is 1.50 bits per heavy atom. The molecule has 0 aromatic rings. The number of unbranched alkanes of at least 4 members (excludes halogenated alkanes) is 2. The standard InChI is InChI=1S/C11H22N2O/c1-2-3-4-5-11(14)13-10(8-12)9-6-7-9/h9-10H,2-8,12H2,1H3,(H,13,14). The normalized spacial score (nSPS) is 17.9. The zero-order chi connectivity index (χ0) is 10.4. The van der Waals surface area contributed by atoms with Crippen LogP contribution in [0.25, 0.3) is 0 Å². The van der Waals surface area contributed by atoms with Gasteiger partial charge in [0, 0.05) is 19.0 Å². The average Bonchev–Trinajstić information content (AvgIpc) is 2.98. The number of rotatable bonds is 7. The number of amides is 1. The average molecular weight is 198 g/mol. The quantitative estimate of drug-likeness (QED) is 0.608. The van der Waals surface area contributed by atoms with E-state index in [1.165, 1.54) is 12.8 Å². The Kier molecular flexibility index (Phi) is 4.94. The van der Waals surface area contributed by atoms with E-state index in [1.54, 1.807) is 0 Å². The largest absolute Gasteiger partial charge is 0.352 e. The minimum atomic E-state index is 0.181. The summed E-state index contributed by atoms with van der Waals surface area (Å²) in [6.07, 6.45) is 6.44. The molecule has 0 aromatic heterocycles. The zero-order valence-electron chi connectivity index (χ0n) is 9.09. The van der Waals surface area contributed by atoms with Gasteiger partial charge in [0.05, 0.1) is 0 Å². The van der Waals surface area contributed by atoms with Crippen LogP contribution in [-0.4, -0.2) is 18.5 Å². The van der Waals surface area contributed by atoms with Gasteiger partial charge in [-0.2, -0.15) is 0 Å². The van der Waals surface area contributed by atoms with Gasteiger partial charge in [0.25, 0.3) is 0 Å². The molecule has 1 saturated carbocycles. The fraction of sp³-hybridized carbons (Fsp3) is 0.909. The van der Waals surface area contributed by atoms with Gasteiger partial charge in [0.2, 0.25) is 5.91 Å². The van der Waals surface area contributed by atoms with Crippen molar-refractivity contribution in [2.24, 2.45) is 11.7 Å². The van der Waals surface area contributed by atoms with Gasteiger partial charge >= 0.3 is 0 Å². The first-order valence-corrected chi connectivity index (χ1v) is 5.77. The second-order valence-electron chi connectivity index (χ2n) is 4.20. The van der Waals surface area contributed by atoms with Crippen molar-refractivity contribution in [1.82, 2.24) is 5.32 Å². The summed E-state index contributed by atoms with van der Waals surface area (Å²) in [5.74, 6) is 0.843. The molecule has 3 heteroatoms. The number of nitrogens with two attached hydrogens (primary N) is 1. The molecule has 0 radical (unpaired) electrons. The first-order chi connectivity index (χ1) is 6.77. The summed E-state index contributed by atoms with van der Waals surface area (Å²) in [5.41, 5.74) is 5.60. The minimum Gasteiger partial charge on any atom is -0.352 e. The van der Waals surface area contributed by atoms with Gasteiger partial charge in [0.1, 0.15) is 0 Å². The number of carbonyl (C=O) groups excluding carboxylic acids is 1. The van der Waals surface area contributed by atoms with Crippen molar-refractivity contribution < 1.29 is 4.79 Å². The van der Waals surface area contributed by atoms with Crippen molar-refractivity contribution in [3.8, 4) is 0 Å². The highest BCUT2D eigenvalue weighted by atomic mass is 16.1. The van der Waals surface area contributed by atoms with E-state index in [-0.39, 0.29) is 11.9 Å². The molecule has 1 amide bonds. The van der Waals surface area contributed by atoms with E-state index in [0.29, 0.717) is 18.9 Å². The van der Waals surface area contributed by atoms with Crippen molar-refractivity contribution in [3.05, 3.63) is 0 Å². The summed E-state index contributed by atoms with van der Waals surface area (Å²) < 4.78 is 0. The second kappa shape index (κ2) is 6.02. The summed E-state index contributed by atoms with van der Waals surface area (Å²) >= 11 is 0. The van der Waals surface area contributed by atoms with Crippen LogP contribution in [0.4, 0.5) is 0 Å². The van der Waals surface area contributed by atoms with Gasteiger partial charge in [0.15, 0.2) is 0 Å². The molecule has 1 unspecified atom stereocenters. The van der Waals surface area contributed by atoms with E-state index in [4.69, 9.17) is 5.73 Å². The molecule has 82 valence electrons. The first-order valence-electron chi connectivity index (χ1n) is 5.77. The van der Waals surface area contributed by atoms with Crippen molar-refractivity contribution >= 4 is 5.91 Å². The van der Waals surface area contributed by atoms with Gasteiger partial charge in [-0.1, -0.05) is 19.8 Å². The van der Waals surface area contributed by atoms with Crippen LogP contribution < -0.4 is 11.1 Å². The van der Waals surface area contributed by atoms with Crippen LogP contribution in [0.1, 0.15) is 45.4 Å². The molecule has 14 heavy (non-hydrogen) atoms. The summed E-state index contributed by atoms with van der Waals surface area (Å²) in [6, 6.07) is 0.240. The third kappa shape index (κ3) is 4.09. The van der Waals surface area contributed by atoms with E-state index in [9.17, 15) is 4.79 Å². The van der Waals surface area contributed by atoms with E-state index in [2.05, 4.69) is 12.2 Å². The lowest BCUT2D eigenvalue weighted by molar-refractivity contribution is -0.122. The molecule has 3 N–H and O–H groups in total. The Bertz CT molecular complexity index is 178. The summed E-state index contributed by atoms with van der Waals surface area (Å²) in [6.45, 7) is 2.73. The first kappa shape index (κ1) is 11.5. The smallest absolute Gasteiger partial charge is 0.220 e. The van der Waals surface area contributed by atoms with E-state index < -0.39 is 0 Å². The van der Waals surface area contributed by atoms with Gasteiger partial charge in [-0.15, -0.1) is 0 Å². The molecule has 0 aromatic carbocycles.